The average molecular weight is 364 g/mol. The van der Waals surface area contributed by atoms with Crippen LogP contribution >= 0.6 is 0 Å². The summed E-state index contributed by atoms with van der Waals surface area (Å²) in [5, 5.41) is 5.64. The molecule has 3 aromatic rings. The van der Waals surface area contributed by atoms with Gasteiger partial charge in [-0.05, 0) is 36.4 Å². The van der Waals surface area contributed by atoms with Gasteiger partial charge in [-0.25, -0.2) is 4.99 Å². The minimum Gasteiger partial charge on any atom is -0.467 e. The summed E-state index contributed by atoms with van der Waals surface area (Å²) in [6.45, 7) is 0.229. The number of nitrogens with two attached hydrogens (primary N) is 1. The molecule has 3 rings (SSSR count). The largest absolute Gasteiger partial charge is 0.467 e. The number of aliphatic imine (C=N–C) groups is 1. The van der Waals surface area contributed by atoms with Gasteiger partial charge >= 0.3 is 0 Å². The van der Waals surface area contributed by atoms with Gasteiger partial charge in [-0.15, -0.1) is 0 Å². The van der Waals surface area contributed by atoms with E-state index in [-0.39, 0.29) is 18.4 Å². The number of hydrogen-bond donors (Lipinski definition) is 3. The number of benzene rings is 2. The SMILES string of the molecule is NC(=NCC(=O)NCc1ccco1)Nc1cccc(Oc2ccccc2)c1. The number of amides is 1. The number of carbonyl (C=O) groups is 1. The highest BCUT2D eigenvalue weighted by atomic mass is 16.5. The Morgan fingerprint density at radius 3 is 2.63 bits per heavy atom. The minimum absolute atomic E-state index is 0.0836. The van der Waals surface area contributed by atoms with E-state index in [1.165, 1.54) is 0 Å². The Bertz CT molecular complexity index is 893. The Kier molecular flexibility index (Phi) is 6.08. The molecule has 27 heavy (non-hydrogen) atoms. The fourth-order valence-corrected chi connectivity index (χ4v) is 2.26. The van der Waals surface area contributed by atoms with Crippen LogP contribution in [0.1, 0.15) is 5.76 Å². The molecule has 0 aliphatic carbocycles. The number of carbonyl (C=O) groups excluding carboxylic acids is 1. The Balaban J connectivity index is 1.50. The lowest BCUT2D eigenvalue weighted by Gasteiger charge is -2.09. The van der Waals surface area contributed by atoms with Crippen LogP contribution in [0.15, 0.2) is 82.4 Å². The quantitative estimate of drug-likeness (QED) is 0.442. The maximum absolute atomic E-state index is 11.8. The summed E-state index contributed by atoms with van der Waals surface area (Å²) in [5.41, 5.74) is 6.56. The molecule has 0 atom stereocenters. The molecule has 0 aliphatic rings. The lowest BCUT2D eigenvalue weighted by atomic mass is 10.3. The summed E-state index contributed by atoms with van der Waals surface area (Å²) in [5.74, 6) is 1.96. The molecule has 7 heteroatoms. The van der Waals surface area contributed by atoms with Crippen LogP contribution in [-0.4, -0.2) is 18.4 Å². The van der Waals surface area contributed by atoms with Gasteiger partial charge in [0.1, 0.15) is 23.8 Å². The number of hydrogen-bond acceptors (Lipinski definition) is 4. The van der Waals surface area contributed by atoms with E-state index >= 15 is 0 Å². The molecule has 0 bridgehead atoms. The predicted octanol–water partition coefficient (Wildman–Crippen LogP) is 3.11. The van der Waals surface area contributed by atoms with Gasteiger partial charge in [-0.1, -0.05) is 24.3 Å². The van der Waals surface area contributed by atoms with Crippen molar-refractivity contribution < 1.29 is 13.9 Å². The van der Waals surface area contributed by atoms with Crippen molar-refractivity contribution in [2.75, 3.05) is 11.9 Å². The average Bonchev–Trinajstić information content (AvgIpc) is 3.19. The third-order valence-corrected chi connectivity index (χ3v) is 3.52. The number of nitrogens with one attached hydrogen (secondary N) is 2. The second kappa shape index (κ2) is 9.10. The number of furan rings is 1. The number of para-hydroxylation sites is 1. The molecule has 1 aromatic heterocycles. The van der Waals surface area contributed by atoms with E-state index in [1.807, 2.05) is 48.5 Å². The lowest BCUT2D eigenvalue weighted by Crippen LogP contribution is -2.28. The molecule has 0 unspecified atom stereocenters. The molecule has 0 fully saturated rings. The van der Waals surface area contributed by atoms with Gasteiger partial charge in [0, 0.05) is 11.8 Å². The molecular formula is C20H20N4O3. The van der Waals surface area contributed by atoms with Gasteiger partial charge in [0.05, 0.1) is 12.8 Å². The number of guanidine groups is 1. The highest BCUT2D eigenvalue weighted by Crippen LogP contribution is 2.23. The van der Waals surface area contributed by atoms with Gasteiger partial charge in [-0.2, -0.15) is 0 Å². The van der Waals surface area contributed by atoms with Crippen LogP contribution in [0.5, 0.6) is 11.5 Å². The minimum atomic E-state index is -0.252. The van der Waals surface area contributed by atoms with Crippen LogP contribution in [-0.2, 0) is 11.3 Å². The first-order chi connectivity index (χ1) is 13.2. The van der Waals surface area contributed by atoms with Crippen LogP contribution in [0.3, 0.4) is 0 Å². The van der Waals surface area contributed by atoms with Crippen molar-refractivity contribution in [2.24, 2.45) is 10.7 Å². The summed E-state index contributed by atoms with van der Waals surface area (Å²) in [6, 6.07) is 20.3. The third-order valence-electron chi connectivity index (χ3n) is 3.52. The molecule has 4 N–H and O–H groups in total. The van der Waals surface area contributed by atoms with E-state index in [2.05, 4.69) is 15.6 Å². The fraction of sp³-hybridized carbons (Fsp3) is 0.100. The molecule has 0 radical (unpaired) electrons. The number of rotatable bonds is 7. The highest BCUT2D eigenvalue weighted by molar-refractivity contribution is 5.94. The van der Waals surface area contributed by atoms with Gasteiger partial charge in [0.2, 0.25) is 5.91 Å². The molecule has 0 saturated carbocycles. The summed E-state index contributed by atoms with van der Waals surface area (Å²) >= 11 is 0. The maximum atomic E-state index is 11.8. The zero-order chi connectivity index (χ0) is 18.9. The fourth-order valence-electron chi connectivity index (χ4n) is 2.26. The van der Waals surface area contributed by atoms with E-state index in [1.54, 1.807) is 24.5 Å². The molecule has 0 saturated heterocycles. The Labute approximate surface area is 156 Å². The number of ether oxygens (including phenoxy) is 1. The van der Waals surface area contributed by atoms with Crippen molar-refractivity contribution in [2.45, 2.75) is 6.54 Å². The van der Waals surface area contributed by atoms with E-state index in [0.29, 0.717) is 23.7 Å². The summed E-state index contributed by atoms with van der Waals surface area (Å²) in [7, 11) is 0. The number of nitrogens with zero attached hydrogens (tertiary/aromatic N) is 1. The first-order valence-corrected chi connectivity index (χ1v) is 8.38. The summed E-state index contributed by atoms with van der Waals surface area (Å²) in [6.07, 6.45) is 1.55. The second-order valence-corrected chi connectivity index (χ2v) is 5.63. The van der Waals surface area contributed by atoms with Crippen molar-refractivity contribution in [3.05, 3.63) is 78.8 Å². The summed E-state index contributed by atoms with van der Waals surface area (Å²) < 4.78 is 10.9. The van der Waals surface area contributed by atoms with Crippen LogP contribution < -0.4 is 21.1 Å². The normalized spacial score (nSPS) is 11.0. The van der Waals surface area contributed by atoms with Crippen LogP contribution in [0.2, 0.25) is 0 Å². The van der Waals surface area contributed by atoms with Crippen molar-refractivity contribution in [1.82, 2.24) is 5.32 Å². The molecule has 1 heterocycles. The number of anilines is 1. The van der Waals surface area contributed by atoms with Crippen molar-refractivity contribution in [1.29, 1.82) is 0 Å². The zero-order valence-electron chi connectivity index (χ0n) is 14.6. The first kappa shape index (κ1) is 18.1. The Morgan fingerprint density at radius 2 is 1.85 bits per heavy atom. The van der Waals surface area contributed by atoms with E-state index in [9.17, 15) is 4.79 Å². The summed E-state index contributed by atoms with van der Waals surface area (Å²) in [4.78, 5) is 15.8. The Morgan fingerprint density at radius 1 is 1.04 bits per heavy atom. The first-order valence-electron chi connectivity index (χ1n) is 8.38. The smallest absolute Gasteiger partial charge is 0.242 e. The molecule has 7 nitrogen and oxygen atoms in total. The van der Waals surface area contributed by atoms with E-state index in [0.717, 1.165) is 5.75 Å². The van der Waals surface area contributed by atoms with Gasteiger partial charge < -0.3 is 25.5 Å². The van der Waals surface area contributed by atoms with Crippen LogP contribution in [0.25, 0.3) is 0 Å². The molecule has 2 aromatic carbocycles. The van der Waals surface area contributed by atoms with Gasteiger partial charge in [0.15, 0.2) is 5.96 Å². The lowest BCUT2D eigenvalue weighted by molar-refractivity contribution is -0.119. The maximum Gasteiger partial charge on any atom is 0.242 e. The van der Waals surface area contributed by atoms with Crippen molar-refractivity contribution in [3.8, 4) is 11.5 Å². The predicted molar refractivity (Wildman–Crippen MR) is 104 cm³/mol. The molecular weight excluding hydrogens is 344 g/mol. The van der Waals surface area contributed by atoms with Gasteiger partial charge in [0.25, 0.3) is 0 Å². The van der Waals surface area contributed by atoms with Crippen LogP contribution in [0.4, 0.5) is 5.69 Å². The molecule has 0 aliphatic heterocycles. The zero-order valence-corrected chi connectivity index (χ0v) is 14.6. The van der Waals surface area contributed by atoms with Crippen LogP contribution in [0, 0.1) is 0 Å². The second-order valence-electron chi connectivity index (χ2n) is 5.63. The van der Waals surface area contributed by atoms with Crippen molar-refractivity contribution in [3.63, 3.8) is 0 Å². The highest BCUT2D eigenvalue weighted by Gasteiger charge is 2.03. The van der Waals surface area contributed by atoms with Crippen molar-refractivity contribution >= 4 is 17.6 Å². The third kappa shape index (κ3) is 5.93. The molecule has 138 valence electrons. The van der Waals surface area contributed by atoms with Gasteiger partial charge in [-0.3, -0.25) is 4.79 Å². The monoisotopic (exact) mass is 364 g/mol. The topological polar surface area (TPSA) is 102 Å². The molecule has 0 spiro atoms. The standard InChI is InChI=1S/C20H20N4O3/c21-20(23-14-19(25)22-13-18-10-5-11-26-18)24-15-6-4-9-17(12-15)27-16-7-2-1-3-8-16/h1-12H,13-14H2,(H,22,25)(H3,21,23,24). The Hall–Kier alpha value is -3.74. The van der Waals surface area contributed by atoms with E-state index < -0.39 is 0 Å². The van der Waals surface area contributed by atoms with E-state index in [4.69, 9.17) is 14.9 Å². The molecule has 1 amide bonds.